The highest BCUT2D eigenvalue weighted by atomic mass is 19.2. The van der Waals surface area contributed by atoms with Gasteiger partial charge in [-0.15, -0.1) is 0 Å². The van der Waals surface area contributed by atoms with Crippen molar-refractivity contribution < 1.29 is 18.3 Å². The molecule has 1 unspecified atom stereocenters. The molecular formula is C13H17F3O. The Bertz CT molecular complexity index is 354. The van der Waals surface area contributed by atoms with E-state index in [1.165, 1.54) is 0 Å². The minimum absolute atomic E-state index is 0.0881. The van der Waals surface area contributed by atoms with E-state index in [9.17, 15) is 18.3 Å². The minimum Gasteiger partial charge on any atom is -0.388 e. The van der Waals surface area contributed by atoms with Crippen molar-refractivity contribution in [2.45, 2.75) is 39.2 Å². The third-order valence-electron chi connectivity index (χ3n) is 2.65. The van der Waals surface area contributed by atoms with Crippen LogP contribution in [0.4, 0.5) is 13.2 Å². The summed E-state index contributed by atoms with van der Waals surface area (Å²) >= 11 is 0. The van der Waals surface area contributed by atoms with E-state index < -0.39 is 23.6 Å². The lowest BCUT2D eigenvalue weighted by atomic mass is 10.00. The molecule has 17 heavy (non-hydrogen) atoms. The van der Waals surface area contributed by atoms with Crippen molar-refractivity contribution in [2.24, 2.45) is 5.92 Å². The number of aliphatic hydroxyl groups excluding tert-OH is 1. The Kier molecular flexibility index (Phi) is 5.00. The first kappa shape index (κ1) is 14.0. The molecule has 0 saturated heterocycles. The second kappa shape index (κ2) is 6.05. The van der Waals surface area contributed by atoms with Crippen molar-refractivity contribution >= 4 is 0 Å². The van der Waals surface area contributed by atoms with Crippen LogP contribution in [0.2, 0.25) is 0 Å². The Labute approximate surface area is 99.3 Å². The predicted molar refractivity (Wildman–Crippen MR) is 60.0 cm³/mol. The Morgan fingerprint density at radius 2 is 1.59 bits per heavy atom. The molecule has 96 valence electrons. The highest BCUT2D eigenvalue weighted by molar-refractivity contribution is 5.21. The molecule has 0 aromatic heterocycles. The zero-order valence-corrected chi connectivity index (χ0v) is 10.0. The van der Waals surface area contributed by atoms with Gasteiger partial charge in [0.15, 0.2) is 17.5 Å². The molecule has 0 fully saturated rings. The van der Waals surface area contributed by atoms with Crippen LogP contribution in [-0.4, -0.2) is 5.11 Å². The molecule has 0 spiro atoms. The number of hydrogen-bond acceptors (Lipinski definition) is 1. The van der Waals surface area contributed by atoms with Crippen LogP contribution in [0.25, 0.3) is 0 Å². The van der Waals surface area contributed by atoms with Gasteiger partial charge in [0.05, 0.1) is 6.10 Å². The fourth-order valence-electron chi connectivity index (χ4n) is 1.65. The maximum Gasteiger partial charge on any atom is 0.194 e. The maximum atomic E-state index is 12.9. The minimum atomic E-state index is -1.50. The molecule has 1 aromatic rings. The van der Waals surface area contributed by atoms with Gasteiger partial charge >= 0.3 is 0 Å². The van der Waals surface area contributed by atoms with Crippen LogP contribution in [0.3, 0.4) is 0 Å². The zero-order chi connectivity index (χ0) is 13.0. The Balaban J connectivity index is 2.66. The second-order valence-corrected chi connectivity index (χ2v) is 4.64. The lowest BCUT2D eigenvalue weighted by molar-refractivity contribution is 0.161. The first-order valence-electron chi connectivity index (χ1n) is 5.74. The highest BCUT2D eigenvalue weighted by Gasteiger charge is 2.15. The molecule has 0 heterocycles. The topological polar surface area (TPSA) is 20.2 Å². The number of hydrogen-bond donors (Lipinski definition) is 1. The van der Waals surface area contributed by atoms with Crippen LogP contribution in [0, 0.1) is 23.4 Å². The van der Waals surface area contributed by atoms with Gasteiger partial charge in [-0.05, 0) is 30.0 Å². The average molecular weight is 246 g/mol. The van der Waals surface area contributed by atoms with Crippen LogP contribution in [0.1, 0.15) is 44.8 Å². The van der Waals surface area contributed by atoms with Gasteiger partial charge < -0.3 is 5.11 Å². The molecule has 0 amide bonds. The lowest BCUT2D eigenvalue weighted by Gasteiger charge is -2.12. The maximum absolute atomic E-state index is 12.9. The molecule has 4 heteroatoms. The molecule has 0 aliphatic heterocycles. The molecule has 1 nitrogen and oxygen atoms in total. The fraction of sp³-hybridized carbons (Fsp3) is 0.538. The summed E-state index contributed by atoms with van der Waals surface area (Å²) in [7, 11) is 0. The van der Waals surface area contributed by atoms with Crippen molar-refractivity contribution in [3.8, 4) is 0 Å². The molecule has 1 rings (SSSR count). The van der Waals surface area contributed by atoms with E-state index in [4.69, 9.17) is 0 Å². The van der Waals surface area contributed by atoms with Crippen LogP contribution in [0.5, 0.6) is 0 Å². The largest absolute Gasteiger partial charge is 0.388 e. The predicted octanol–water partition coefficient (Wildman–Crippen LogP) is 3.96. The van der Waals surface area contributed by atoms with E-state index >= 15 is 0 Å². The van der Waals surface area contributed by atoms with Gasteiger partial charge in [-0.2, -0.15) is 0 Å². The van der Waals surface area contributed by atoms with E-state index in [0.29, 0.717) is 12.3 Å². The van der Waals surface area contributed by atoms with Crippen LogP contribution >= 0.6 is 0 Å². The van der Waals surface area contributed by atoms with Gasteiger partial charge in [-0.1, -0.05) is 26.7 Å². The first-order valence-corrected chi connectivity index (χ1v) is 5.74. The highest BCUT2D eigenvalue weighted by Crippen LogP contribution is 2.23. The van der Waals surface area contributed by atoms with Gasteiger partial charge in [0.2, 0.25) is 0 Å². The van der Waals surface area contributed by atoms with Crippen molar-refractivity contribution in [1.82, 2.24) is 0 Å². The number of aliphatic hydroxyl groups is 1. The summed E-state index contributed by atoms with van der Waals surface area (Å²) in [5.41, 5.74) is 0.0881. The molecule has 1 atom stereocenters. The quantitative estimate of drug-likeness (QED) is 0.779. The Morgan fingerprint density at radius 1 is 1.06 bits per heavy atom. The second-order valence-electron chi connectivity index (χ2n) is 4.64. The molecular weight excluding hydrogens is 229 g/mol. The zero-order valence-electron chi connectivity index (χ0n) is 10.0. The molecule has 1 N–H and O–H groups in total. The summed E-state index contributed by atoms with van der Waals surface area (Å²) in [5, 5.41) is 9.72. The Hall–Kier alpha value is -1.03. The first-order chi connectivity index (χ1) is 7.91. The van der Waals surface area contributed by atoms with Gasteiger partial charge in [-0.3, -0.25) is 0 Å². The molecule has 0 bridgehead atoms. The summed E-state index contributed by atoms with van der Waals surface area (Å²) in [6.07, 6.45) is 1.17. The number of rotatable bonds is 5. The van der Waals surface area contributed by atoms with Crippen LogP contribution in [0.15, 0.2) is 12.1 Å². The van der Waals surface area contributed by atoms with E-state index in [2.05, 4.69) is 13.8 Å². The SMILES string of the molecule is CC(C)CCCC(O)c1cc(F)c(F)c(F)c1. The van der Waals surface area contributed by atoms with Crippen molar-refractivity contribution in [3.63, 3.8) is 0 Å². The standard InChI is InChI=1S/C13H17F3O/c1-8(2)4-3-5-12(17)9-6-10(14)13(16)11(15)7-9/h6-8,12,17H,3-5H2,1-2H3. The molecule has 0 aliphatic carbocycles. The number of halogens is 3. The third kappa shape index (κ3) is 4.04. The van der Waals surface area contributed by atoms with E-state index in [1.807, 2.05) is 0 Å². The monoisotopic (exact) mass is 246 g/mol. The van der Waals surface area contributed by atoms with Crippen molar-refractivity contribution in [3.05, 3.63) is 35.1 Å². The number of benzene rings is 1. The van der Waals surface area contributed by atoms with E-state index in [-0.39, 0.29) is 5.56 Å². The Morgan fingerprint density at radius 3 is 2.06 bits per heavy atom. The smallest absolute Gasteiger partial charge is 0.194 e. The summed E-state index contributed by atoms with van der Waals surface area (Å²) < 4.78 is 38.5. The molecule has 0 radical (unpaired) electrons. The molecule has 0 aliphatic rings. The lowest BCUT2D eigenvalue weighted by Crippen LogP contribution is -2.02. The third-order valence-corrected chi connectivity index (χ3v) is 2.65. The van der Waals surface area contributed by atoms with Crippen molar-refractivity contribution in [1.29, 1.82) is 0 Å². The molecule has 1 aromatic carbocycles. The van der Waals surface area contributed by atoms with Gasteiger partial charge in [0.25, 0.3) is 0 Å². The van der Waals surface area contributed by atoms with E-state index in [1.54, 1.807) is 0 Å². The summed E-state index contributed by atoms with van der Waals surface area (Å²) in [5.74, 6) is -3.50. The summed E-state index contributed by atoms with van der Waals surface area (Å²) in [4.78, 5) is 0. The summed E-state index contributed by atoms with van der Waals surface area (Å²) in [6, 6.07) is 1.69. The van der Waals surface area contributed by atoms with Gasteiger partial charge in [-0.25, -0.2) is 13.2 Å². The van der Waals surface area contributed by atoms with Crippen LogP contribution < -0.4 is 0 Å². The normalized spacial score (nSPS) is 13.1. The van der Waals surface area contributed by atoms with Gasteiger partial charge in [0.1, 0.15) is 0 Å². The summed E-state index contributed by atoms with van der Waals surface area (Å²) in [6.45, 7) is 4.12. The molecule has 0 saturated carbocycles. The fourth-order valence-corrected chi connectivity index (χ4v) is 1.65. The van der Waals surface area contributed by atoms with E-state index in [0.717, 1.165) is 25.0 Å². The van der Waals surface area contributed by atoms with Gasteiger partial charge in [0, 0.05) is 0 Å². The average Bonchev–Trinajstić information content (AvgIpc) is 2.24. The van der Waals surface area contributed by atoms with Crippen molar-refractivity contribution in [2.75, 3.05) is 0 Å². The van der Waals surface area contributed by atoms with Crippen LogP contribution in [-0.2, 0) is 0 Å².